The molecule has 0 aromatic heterocycles. The van der Waals surface area contributed by atoms with E-state index >= 15 is 0 Å². The molecule has 3 nitrogen and oxygen atoms in total. The lowest BCUT2D eigenvalue weighted by Gasteiger charge is -1.98. The molecule has 16 heavy (non-hydrogen) atoms. The van der Waals surface area contributed by atoms with Crippen LogP contribution in [0.15, 0.2) is 47.6 Å². The molecule has 2 aromatic carbocycles. The van der Waals surface area contributed by atoms with E-state index < -0.39 is 0 Å². The van der Waals surface area contributed by atoms with Crippen molar-refractivity contribution in [2.75, 3.05) is 0 Å². The zero-order valence-electron chi connectivity index (χ0n) is 8.97. The van der Waals surface area contributed by atoms with Gasteiger partial charge in [0.2, 0.25) is 5.91 Å². The molecule has 0 aliphatic heterocycles. The van der Waals surface area contributed by atoms with Gasteiger partial charge in [0.05, 0.1) is 6.21 Å². The van der Waals surface area contributed by atoms with Crippen LogP contribution in [-0.4, -0.2) is 12.1 Å². The van der Waals surface area contributed by atoms with E-state index in [0.717, 1.165) is 10.9 Å². The summed E-state index contributed by atoms with van der Waals surface area (Å²) in [6.45, 7) is 1.43. The van der Waals surface area contributed by atoms with E-state index in [1.807, 2.05) is 36.4 Å². The third-order valence-electron chi connectivity index (χ3n) is 2.21. The third kappa shape index (κ3) is 2.45. The number of carbonyl (C=O) groups excluding carboxylic acids is 1. The van der Waals surface area contributed by atoms with Gasteiger partial charge < -0.3 is 0 Å². The summed E-state index contributed by atoms with van der Waals surface area (Å²) in [7, 11) is 0. The molecule has 0 aliphatic carbocycles. The maximum Gasteiger partial charge on any atom is 0.236 e. The van der Waals surface area contributed by atoms with E-state index in [0.29, 0.717) is 0 Å². The van der Waals surface area contributed by atoms with Crippen LogP contribution in [0.5, 0.6) is 0 Å². The molecule has 0 heterocycles. The van der Waals surface area contributed by atoms with Crippen molar-refractivity contribution in [3.05, 3.63) is 48.0 Å². The van der Waals surface area contributed by atoms with E-state index in [2.05, 4.69) is 16.6 Å². The number of nitrogens with one attached hydrogen (secondary N) is 1. The van der Waals surface area contributed by atoms with E-state index in [-0.39, 0.29) is 5.91 Å². The second-order valence-corrected chi connectivity index (χ2v) is 3.53. The molecule has 0 radical (unpaired) electrons. The number of benzene rings is 2. The van der Waals surface area contributed by atoms with Crippen molar-refractivity contribution in [3.8, 4) is 0 Å². The van der Waals surface area contributed by atoms with Gasteiger partial charge in [-0.25, -0.2) is 5.43 Å². The van der Waals surface area contributed by atoms with Crippen molar-refractivity contribution in [2.45, 2.75) is 6.92 Å². The molecule has 3 heteroatoms. The normalized spacial score (nSPS) is 10.8. The minimum atomic E-state index is -0.169. The Kier molecular flexibility index (Phi) is 2.96. The van der Waals surface area contributed by atoms with Crippen LogP contribution in [0.1, 0.15) is 12.5 Å². The molecule has 2 aromatic rings. The minimum absolute atomic E-state index is 0.169. The van der Waals surface area contributed by atoms with Gasteiger partial charge in [0.1, 0.15) is 0 Å². The van der Waals surface area contributed by atoms with Crippen molar-refractivity contribution < 1.29 is 4.79 Å². The van der Waals surface area contributed by atoms with Gasteiger partial charge >= 0.3 is 0 Å². The summed E-state index contributed by atoms with van der Waals surface area (Å²) in [5.74, 6) is -0.169. The molecule has 0 saturated carbocycles. The molecule has 2 rings (SSSR count). The standard InChI is InChI=1S/C13H12N2O/c1-10(16)15-14-9-11-6-7-12-4-2-3-5-13(12)8-11/h2-9H,1H3,(H,15,16)/b14-9-. The fourth-order valence-electron chi connectivity index (χ4n) is 1.49. The highest BCUT2D eigenvalue weighted by Crippen LogP contribution is 2.14. The summed E-state index contributed by atoms with van der Waals surface area (Å²) in [6.07, 6.45) is 1.63. The van der Waals surface area contributed by atoms with Crippen molar-refractivity contribution in [3.63, 3.8) is 0 Å². The number of hydrogen-bond acceptors (Lipinski definition) is 2. The highest BCUT2D eigenvalue weighted by atomic mass is 16.2. The molecule has 1 N–H and O–H groups in total. The number of nitrogens with zero attached hydrogens (tertiary/aromatic N) is 1. The van der Waals surface area contributed by atoms with Crippen LogP contribution < -0.4 is 5.43 Å². The van der Waals surface area contributed by atoms with Crippen molar-refractivity contribution >= 4 is 22.9 Å². The predicted octanol–water partition coefficient (Wildman–Crippen LogP) is 2.31. The zero-order chi connectivity index (χ0) is 11.4. The number of amides is 1. The summed E-state index contributed by atoms with van der Waals surface area (Å²) in [6, 6.07) is 14.1. The summed E-state index contributed by atoms with van der Waals surface area (Å²) in [5, 5.41) is 6.18. The first-order chi connectivity index (χ1) is 7.75. The Hall–Kier alpha value is -2.16. The topological polar surface area (TPSA) is 41.5 Å². The van der Waals surface area contributed by atoms with Crippen LogP contribution in [-0.2, 0) is 4.79 Å². The highest BCUT2D eigenvalue weighted by molar-refractivity contribution is 5.90. The number of rotatable bonds is 2. The highest BCUT2D eigenvalue weighted by Gasteiger charge is 1.93. The molecule has 0 unspecified atom stereocenters. The van der Waals surface area contributed by atoms with Gasteiger partial charge in [-0.05, 0) is 22.4 Å². The van der Waals surface area contributed by atoms with Crippen molar-refractivity contribution in [1.29, 1.82) is 0 Å². The smallest absolute Gasteiger partial charge is 0.236 e. The molecular formula is C13H12N2O. The molecule has 1 amide bonds. The zero-order valence-corrected chi connectivity index (χ0v) is 8.97. The minimum Gasteiger partial charge on any atom is -0.274 e. The average molecular weight is 212 g/mol. The fraction of sp³-hybridized carbons (Fsp3) is 0.0769. The Labute approximate surface area is 93.8 Å². The van der Waals surface area contributed by atoms with Crippen molar-refractivity contribution in [1.82, 2.24) is 5.43 Å². The molecule has 0 spiro atoms. The van der Waals surface area contributed by atoms with Crippen LogP contribution in [0.2, 0.25) is 0 Å². The van der Waals surface area contributed by atoms with E-state index in [9.17, 15) is 4.79 Å². The third-order valence-corrected chi connectivity index (χ3v) is 2.21. The number of fused-ring (bicyclic) bond motifs is 1. The van der Waals surface area contributed by atoms with Gasteiger partial charge in [-0.2, -0.15) is 5.10 Å². The lowest BCUT2D eigenvalue weighted by atomic mass is 10.1. The Morgan fingerprint density at radius 3 is 2.69 bits per heavy atom. The molecule has 0 fully saturated rings. The molecule has 0 atom stereocenters. The summed E-state index contributed by atoms with van der Waals surface area (Å²) >= 11 is 0. The van der Waals surface area contributed by atoms with Gasteiger partial charge in [-0.15, -0.1) is 0 Å². The Bertz CT molecular complexity index is 546. The van der Waals surface area contributed by atoms with Gasteiger partial charge in [0.25, 0.3) is 0 Å². The summed E-state index contributed by atoms with van der Waals surface area (Å²) in [4.78, 5) is 10.6. The second kappa shape index (κ2) is 4.57. The van der Waals surface area contributed by atoms with E-state index in [1.54, 1.807) is 6.21 Å². The Morgan fingerprint density at radius 2 is 1.94 bits per heavy atom. The average Bonchev–Trinajstić information content (AvgIpc) is 2.28. The Morgan fingerprint density at radius 1 is 1.19 bits per heavy atom. The maximum absolute atomic E-state index is 10.6. The molecule has 0 aliphatic rings. The van der Waals surface area contributed by atoms with Crippen LogP contribution in [0.3, 0.4) is 0 Å². The van der Waals surface area contributed by atoms with Gasteiger partial charge in [0.15, 0.2) is 0 Å². The fourth-order valence-corrected chi connectivity index (χ4v) is 1.49. The molecular weight excluding hydrogens is 200 g/mol. The van der Waals surface area contributed by atoms with Crippen LogP contribution in [0.25, 0.3) is 10.8 Å². The number of hydrogen-bond donors (Lipinski definition) is 1. The van der Waals surface area contributed by atoms with Gasteiger partial charge in [0, 0.05) is 6.92 Å². The summed E-state index contributed by atoms with van der Waals surface area (Å²) in [5.41, 5.74) is 3.34. The molecule has 0 bridgehead atoms. The maximum atomic E-state index is 10.6. The molecule has 80 valence electrons. The van der Waals surface area contributed by atoms with Crippen molar-refractivity contribution in [2.24, 2.45) is 5.10 Å². The quantitative estimate of drug-likeness (QED) is 0.602. The summed E-state index contributed by atoms with van der Waals surface area (Å²) < 4.78 is 0. The SMILES string of the molecule is CC(=O)N/N=C\c1ccc2ccccc2c1. The van der Waals surface area contributed by atoms with Gasteiger partial charge in [-0.3, -0.25) is 4.79 Å². The lowest BCUT2D eigenvalue weighted by Crippen LogP contribution is -2.12. The van der Waals surface area contributed by atoms with Crippen LogP contribution >= 0.6 is 0 Å². The first kappa shape index (κ1) is 10.4. The first-order valence-corrected chi connectivity index (χ1v) is 5.04. The number of carbonyl (C=O) groups is 1. The Balaban J connectivity index is 2.26. The first-order valence-electron chi connectivity index (χ1n) is 5.04. The number of hydrazone groups is 1. The van der Waals surface area contributed by atoms with E-state index in [1.165, 1.54) is 12.3 Å². The largest absolute Gasteiger partial charge is 0.274 e. The van der Waals surface area contributed by atoms with E-state index in [4.69, 9.17) is 0 Å². The monoisotopic (exact) mass is 212 g/mol. The van der Waals surface area contributed by atoms with Crippen LogP contribution in [0.4, 0.5) is 0 Å². The van der Waals surface area contributed by atoms with Gasteiger partial charge in [-0.1, -0.05) is 36.4 Å². The molecule has 0 saturated heterocycles. The lowest BCUT2D eigenvalue weighted by molar-refractivity contribution is -0.118. The predicted molar refractivity (Wildman–Crippen MR) is 65.4 cm³/mol. The second-order valence-electron chi connectivity index (χ2n) is 3.53. The van der Waals surface area contributed by atoms with Crippen LogP contribution in [0, 0.1) is 0 Å².